The highest BCUT2D eigenvalue weighted by molar-refractivity contribution is 4.97. The number of hydrogen-bond donors (Lipinski definition) is 1. The summed E-state index contributed by atoms with van der Waals surface area (Å²) in [5.74, 6) is 0.852. The molecule has 0 radical (unpaired) electrons. The highest BCUT2D eigenvalue weighted by Gasteiger charge is 2.39. The van der Waals surface area contributed by atoms with E-state index in [0.717, 1.165) is 12.5 Å². The van der Waals surface area contributed by atoms with Crippen LogP contribution in [-0.2, 0) is 0 Å². The van der Waals surface area contributed by atoms with Crippen molar-refractivity contribution in [2.24, 2.45) is 11.7 Å². The van der Waals surface area contributed by atoms with Gasteiger partial charge in [0.2, 0.25) is 0 Å². The van der Waals surface area contributed by atoms with Gasteiger partial charge in [0, 0.05) is 12.1 Å². The highest BCUT2D eigenvalue weighted by Crippen LogP contribution is 2.36. The first-order chi connectivity index (χ1) is 9.54. The molecule has 1 rings (SSSR count). The maximum Gasteiger partial charge on any atom is 0.0330 e. The zero-order valence-electron chi connectivity index (χ0n) is 14.3. The fourth-order valence-corrected chi connectivity index (χ4v) is 3.64. The molecule has 0 bridgehead atoms. The summed E-state index contributed by atoms with van der Waals surface area (Å²) in [6.45, 7) is 5.60. The molecule has 1 fully saturated rings. The van der Waals surface area contributed by atoms with E-state index in [1.165, 1.54) is 64.5 Å². The molecule has 0 aliphatic heterocycles. The van der Waals surface area contributed by atoms with Crippen molar-refractivity contribution in [2.75, 3.05) is 40.8 Å². The van der Waals surface area contributed by atoms with E-state index in [0.29, 0.717) is 5.54 Å². The lowest BCUT2D eigenvalue weighted by Crippen LogP contribution is -2.56. The number of hydrogen-bond acceptors (Lipinski definition) is 3. The maximum absolute atomic E-state index is 5.72. The lowest BCUT2D eigenvalue weighted by molar-refractivity contribution is 0.0272. The van der Waals surface area contributed by atoms with Crippen molar-refractivity contribution >= 4 is 0 Å². The Morgan fingerprint density at radius 2 is 1.80 bits per heavy atom. The molecule has 1 saturated carbocycles. The molecular formula is C17H37N3. The van der Waals surface area contributed by atoms with Gasteiger partial charge in [0.1, 0.15) is 0 Å². The van der Waals surface area contributed by atoms with Crippen molar-refractivity contribution in [1.29, 1.82) is 0 Å². The highest BCUT2D eigenvalue weighted by atomic mass is 15.2. The molecule has 2 N–H and O–H groups in total. The average molecular weight is 284 g/mol. The molecule has 0 aromatic carbocycles. The number of nitrogens with two attached hydrogens (primary N) is 1. The third-order valence-electron chi connectivity index (χ3n) is 5.22. The molecule has 1 atom stereocenters. The van der Waals surface area contributed by atoms with Gasteiger partial charge in [0.05, 0.1) is 0 Å². The third kappa shape index (κ3) is 5.34. The molecule has 3 nitrogen and oxygen atoms in total. The van der Waals surface area contributed by atoms with E-state index < -0.39 is 0 Å². The molecule has 1 aliphatic carbocycles. The molecular weight excluding hydrogens is 246 g/mol. The summed E-state index contributed by atoms with van der Waals surface area (Å²) < 4.78 is 0. The third-order valence-corrected chi connectivity index (χ3v) is 5.22. The monoisotopic (exact) mass is 283 g/mol. The Labute approximate surface area is 126 Å². The molecule has 0 amide bonds. The molecule has 120 valence electrons. The Kier molecular flexibility index (Phi) is 8.08. The van der Waals surface area contributed by atoms with E-state index in [-0.39, 0.29) is 0 Å². The summed E-state index contributed by atoms with van der Waals surface area (Å²) in [6.07, 6.45) is 10.7. The summed E-state index contributed by atoms with van der Waals surface area (Å²) >= 11 is 0. The van der Waals surface area contributed by atoms with Crippen LogP contribution in [0.2, 0.25) is 0 Å². The van der Waals surface area contributed by atoms with Gasteiger partial charge in [0.15, 0.2) is 0 Å². The first-order valence-corrected chi connectivity index (χ1v) is 8.60. The molecule has 1 unspecified atom stereocenters. The predicted molar refractivity (Wildman–Crippen MR) is 89.1 cm³/mol. The van der Waals surface area contributed by atoms with Gasteiger partial charge >= 0.3 is 0 Å². The Bertz CT molecular complexity index is 243. The van der Waals surface area contributed by atoms with Crippen molar-refractivity contribution in [3.05, 3.63) is 0 Å². The summed E-state index contributed by atoms with van der Waals surface area (Å²) in [6, 6.07) is 0. The van der Waals surface area contributed by atoms with Crippen LogP contribution >= 0.6 is 0 Å². The van der Waals surface area contributed by atoms with Crippen LogP contribution in [0.3, 0.4) is 0 Å². The molecule has 1 aliphatic rings. The van der Waals surface area contributed by atoms with E-state index in [4.69, 9.17) is 5.73 Å². The molecule has 0 saturated heterocycles. The van der Waals surface area contributed by atoms with Gasteiger partial charge in [-0.05, 0) is 78.7 Å². The van der Waals surface area contributed by atoms with Gasteiger partial charge in [-0.25, -0.2) is 0 Å². The quantitative estimate of drug-likeness (QED) is 0.633. The standard InChI is InChI=1S/C17H37N3/c1-5-8-16(10-13-18)9-6-14-20(4)15-17(19(2)3)11-7-12-17/h16H,5-15,18H2,1-4H3. The van der Waals surface area contributed by atoms with Crippen molar-refractivity contribution in [3.8, 4) is 0 Å². The zero-order chi connectivity index (χ0) is 15.0. The van der Waals surface area contributed by atoms with E-state index in [9.17, 15) is 0 Å². The number of nitrogens with zero attached hydrogens (tertiary/aromatic N) is 2. The second-order valence-electron chi connectivity index (χ2n) is 7.08. The van der Waals surface area contributed by atoms with Crippen LogP contribution in [0.4, 0.5) is 0 Å². The predicted octanol–water partition coefficient (Wildman–Crippen LogP) is 2.95. The fourth-order valence-electron chi connectivity index (χ4n) is 3.64. The van der Waals surface area contributed by atoms with Gasteiger partial charge in [-0.3, -0.25) is 0 Å². The van der Waals surface area contributed by atoms with Gasteiger partial charge in [-0.15, -0.1) is 0 Å². The lowest BCUT2D eigenvalue weighted by Gasteiger charge is -2.49. The first-order valence-electron chi connectivity index (χ1n) is 8.60. The molecule has 0 heterocycles. The summed E-state index contributed by atoms with van der Waals surface area (Å²) in [7, 11) is 6.78. The van der Waals surface area contributed by atoms with Gasteiger partial charge in [-0.2, -0.15) is 0 Å². The summed E-state index contributed by atoms with van der Waals surface area (Å²) in [5.41, 5.74) is 6.18. The Balaban J connectivity index is 2.23. The lowest BCUT2D eigenvalue weighted by atomic mass is 9.75. The summed E-state index contributed by atoms with van der Waals surface area (Å²) in [5, 5.41) is 0. The molecule has 0 aromatic heterocycles. The van der Waals surface area contributed by atoms with Crippen LogP contribution in [0.25, 0.3) is 0 Å². The molecule has 20 heavy (non-hydrogen) atoms. The number of likely N-dealkylation sites (N-methyl/N-ethyl adjacent to an activating group) is 2. The topological polar surface area (TPSA) is 32.5 Å². The van der Waals surface area contributed by atoms with E-state index in [1.807, 2.05) is 0 Å². The van der Waals surface area contributed by atoms with E-state index in [1.54, 1.807) is 0 Å². The van der Waals surface area contributed by atoms with Gasteiger partial charge in [-0.1, -0.05) is 19.8 Å². The minimum atomic E-state index is 0.467. The van der Waals surface area contributed by atoms with Crippen molar-refractivity contribution < 1.29 is 0 Å². The van der Waals surface area contributed by atoms with E-state index >= 15 is 0 Å². The molecule has 0 aromatic rings. The van der Waals surface area contributed by atoms with Crippen LogP contribution in [0.1, 0.15) is 58.3 Å². The van der Waals surface area contributed by atoms with Gasteiger partial charge < -0.3 is 15.5 Å². The van der Waals surface area contributed by atoms with Gasteiger partial charge in [0.25, 0.3) is 0 Å². The second-order valence-corrected chi connectivity index (χ2v) is 7.08. The fraction of sp³-hybridized carbons (Fsp3) is 1.00. The van der Waals surface area contributed by atoms with Crippen LogP contribution < -0.4 is 5.73 Å². The van der Waals surface area contributed by atoms with Crippen LogP contribution in [0.5, 0.6) is 0 Å². The second kappa shape index (κ2) is 9.01. The minimum Gasteiger partial charge on any atom is -0.330 e. The average Bonchev–Trinajstić information content (AvgIpc) is 2.34. The first kappa shape index (κ1) is 17.9. The Morgan fingerprint density at radius 3 is 2.25 bits per heavy atom. The number of rotatable bonds is 11. The Morgan fingerprint density at radius 1 is 1.10 bits per heavy atom. The molecule has 3 heteroatoms. The van der Waals surface area contributed by atoms with Crippen LogP contribution in [0.15, 0.2) is 0 Å². The zero-order valence-corrected chi connectivity index (χ0v) is 14.3. The minimum absolute atomic E-state index is 0.467. The van der Waals surface area contributed by atoms with Crippen molar-refractivity contribution in [2.45, 2.75) is 63.8 Å². The smallest absolute Gasteiger partial charge is 0.0330 e. The van der Waals surface area contributed by atoms with Crippen LogP contribution in [-0.4, -0.2) is 56.1 Å². The Hall–Kier alpha value is -0.120. The van der Waals surface area contributed by atoms with Crippen molar-refractivity contribution in [1.82, 2.24) is 9.80 Å². The SMILES string of the molecule is CCCC(CCN)CCCN(C)CC1(N(C)C)CCC1. The molecule has 0 spiro atoms. The van der Waals surface area contributed by atoms with E-state index in [2.05, 4.69) is 37.9 Å². The normalized spacial score (nSPS) is 19.4. The summed E-state index contributed by atoms with van der Waals surface area (Å²) in [4.78, 5) is 4.99. The largest absolute Gasteiger partial charge is 0.330 e. The van der Waals surface area contributed by atoms with Crippen molar-refractivity contribution in [3.63, 3.8) is 0 Å². The maximum atomic E-state index is 5.72. The van der Waals surface area contributed by atoms with Crippen LogP contribution in [0, 0.1) is 5.92 Å².